The average Bonchev–Trinajstić information content (AvgIpc) is 2.66. The maximum Gasteiger partial charge on any atom is 0.327 e. The van der Waals surface area contributed by atoms with Crippen LogP contribution in [-0.4, -0.2) is 31.6 Å². The molecule has 0 atom stereocenters. The number of aliphatic imine (C=N–C) groups is 1. The molecule has 1 fully saturated rings. The first-order valence-electron chi connectivity index (χ1n) is 4.85. The van der Waals surface area contributed by atoms with Gasteiger partial charge in [-0.05, 0) is 12.8 Å². The molecule has 0 radical (unpaired) electrons. The highest BCUT2D eigenvalue weighted by Crippen LogP contribution is 2.17. The molecule has 0 aromatic rings. The Labute approximate surface area is 83.7 Å². The van der Waals surface area contributed by atoms with Crippen LogP contribution < -0.4 is 11.1 Å². The summed E-state index contributed by atoms with van der Waals surface area (Å²) in [5, 5.41) is 3.08. The lowest BCUT2D eigenvalue weighted by Crippen LogP contribution is -2.38. The summed E-state index contributed by atoms with van der Waals surface area (Å²) in [6.07, 6.45) is 4.74. The molecule has 3 N–H and O–H groups in total. The topological polar surface area (TPSA) is 76.7 Å². The molecule has 1 saturated carbocycles. The van der Waals surface area contributed by atoms with Gasteiger partial charge in [-0.3, -0.25) is 4.79 Å². The highest BCUT2D eigenvalue weighted by atomic mass is 16.5. The van der Waals surface area contributed by atoms with E-state index in [9.17, 15) is 4.79 Å². The van der Waals surface area contributed by atoms with Crippen molar-refractivity contribution in [2.24, 2.45) is 10.7 Å². The van der Waals surface area contributed by atoms with Gasteiger partial charge in [-0.25, -0.2) is 4.99 Å². The molecular formula is C9H17N3O2. The summed E-state index contributed by atoms with van der Waals surface area (Å²) >= 11 is 0. The molecule has 0 aromatic carbocycles. The maximum absolute atomic E-state index is 10.7. The number of guanidine groups is 1. The van der Waals surface area contributed by atoms with Crippen molar-refractivity contribution < 1.29 is 9.53 Å². The zero-order valence-electron chi connectivity index (χ0n) is 8.45. The standard InChI is InChI=1S/C9H17N3O2/c1-14-8(13)6-11-9(10)12-7-4-2-3-5-7/h7H,2-6H2,1H3,(H3,10,11,12). The number of hydrogen-bond acceptors (Lipinski definition) is 3. The molecule has 0 amide bonds. The van der Waals surface area contributed by atoms with Crippen LogP contribution in [0.5, 0.6) is 0 Å². The van der Waals surface area contributed by atoms with E-state index in [-0.39, 0.29) is 12.5 Å². The zero-order valence-corrected chi connectivity index (χ0v) is 8.45. The predicted octanol–water partition coefficient (Wildman–Crippen LogP) is 0.00630. The summed E-state index contributed by atoms with van der Waals surface area (Å²) in [6, 6.07) is 0.427. The normalized spacial score (nSPS) is 18.2. The number of carbonyl (C=O) groups is 1. The largest absolute Gasteiger partial charge is 0.468 e. The van der Waals surface area contributed by atoms with Crippen molar-refractivity contribution >= 4 is 11.9 Å². The number of ether oxygens (including phenoxy) is 1. The van der Waals surface area contributed by atoms with Gasteiger partial charge in [0, 0.05) is 6.04 Å². The minimum Gasteiger partial charge on any atom is -0.468 e. The van der Waals surface area contributed by atoms with Gasteiger partial charge in [-0.15, -0.1) is 0 Å². The van der Waals surface area contributed by atoms with Crippen LogP contribution in [0.25, 0.3) is 0 Å². The number of nitrogens with zero attached hydrogens (tertiary/aromatic N) is 1. The zero-order chi connectivity index (χ0) is 10.4. The van der Waals surface area contributed by atoms with Gasteiger partial charge in [0.1, 0.15) is 6.54 Å². The quantitative estimate of drug-likeness (QED) is 0.381. The molecule has 1 aliphatic carbocycles. The van der Waals surface area contributed by atoms with Gasteiger partial charge in [0.2, 0.25) is 0 Å². The van der Waals surface area contributed by atoms with Crippen molar-refractivity contribution in [2.45, 2.75) is 31.7 Å². The molecule has 0 bridgehead atoms. The van der Waals surface area contributed by atoms with Gasteiger partial charge in [0.05, 0.1) is 7.11 Å². The Bertz CT molecular complexity index is 222. The number of hydrogen-bond donors (Lipinski definition) is 2. The first-order valence-corrected chi connectivity index (χ1v) is 4.85. The van der Waals surface area contributed by atoms with Gasteiger partial charge < -0.3 is 15.8 Å². The molecule has 80 valence electrons. The summed E-state index contributed by atoms with van der Waals surface area (Å²) < 4.78 is 4.44. The molecule has 14 heavy (non-hydrogen) atoms. The van der Waals surface area contributed by atoms with E-state index < -0.39 is 0 Å². The summed E-state index contributed by atoms with van der Waals surface area (Å²) in [6.45, 7) is -0.0119. The van der Waals surface area contributed by atoms with Crippen LogP contribution in [0.15, 0.2) is 4.99 Å². The lowest BCUT2D eigenvalue weighted by Gasteiger charge is -2.11. The van der Waals surface area contributed by atoms with E-state index in [0.717, 1.165) is 12.8 Å². The van der Waals surface area contributed by atoms with Gasteiger partial charge in [0.15, 0.2) is 5.96 Å². The smallest absolute Gasteiger partial charge is 0.327 e. The molecule has 0 aromatic heterocycles. The van der Waals surface area contributed by atoms with Crippen molar-refractivity contribution in [3.05, 3.63) is 0 Å². The van der Waals surface area contributed by atoms with Crippen LogP contribution in [0.2, 0.25) is 0 Å². The second-order valence-electron chi connectivity index (χ2n) is 3.40. The Kier molecular flexibility index (Phi) is 4.22. The van der Waals surface area contributed by atoms with Crippen molar-refractivity contribution in [2.75, 3.05) is 13.7 Å². The number of esters is 1. The van der Waals surface area contributed by atoms with Crippen LogP contribution in [0.1, 0.15) is 25.7 Å². The fourth-order valence-electron chi connectivity index (χ4n) is 1.54. The first-order chi connectivity index (χ1) is 6.72. The first kappa shape index (κ1) is 10.8. The van der Waals surface area contributed by atoms with Gasteiger partial charge in [-0.1, -0.05) is 12.8 Å². The molecular weight excluding hydrogens is 182 g/mol. The van der Waals surface area contributed by atoms with E-state index in [1.807, 2.05) is 0 Å². The van der Waals surface area contributed by atoms with Crippen molar-refractivity contribution in [3.8, 4) is 0 Å². The van der Waals surface area contributed by atoms with Crippen LogP contribution in [0.4, 0.5) is 0 Å². The van der Waals surface area contributed by atoms with Crippen LogP contribution in [0, 0.1) is 0 Å². The van der Waals surface area contributed by atoms with E-state index in [1.54, 1.807) is 0 Å². The molecule has 5 heteroatoms. The molecule has 1 rings (SSSR count). The molecule has 0 unspecified atom stereocenters. The van der Waals surface area contributed by atoms with E-state index in [1.165, 1.54) is 20.0 Å². The number of methoxy groups -OCH3 is 1. The number of nitrogens with one attached hydrogen (secondary N) is 1. The Morgan fingerprint density at radius 1 is 1.57 bits per heavy atom. The highest BCUT2D eigenvalue weighted by molar-refractivity contribution is 5.81. The predicted molar refractivity (Wildman–Crippen MR) is 53.9 cm³/mol. The summed E-state index contributed by atoms with van der Waals surface area (Å²) in [7, 11) is 1.33. The summed E-state index contributed by atoms with van der Waals surface area (Å²) in [4.78, 5) is 14.6. The third-order valence-electron chi connectivity index (χ3n) is 2.31. The third-order valence-corrected chi connectivity index (χ3v) is 2.31. The number of rotatable bonds is 3. The van der Waals surface area contributed by atoms with E-state index in [0.29, 0.717) is 12.0 Å². The lowest BCUT2D eigenvalue weighted by molar-refractivity contribution is -0.138. The van der Waals surface area contributed by atoms with Crippen LogP contribution >= 0.6 is 0 Å². The lowest BCUT2D eigenvalue weighted by atomic mass is 10.2. The van der Waals surface area contributed by atoms with E-state index in [2.05, 4.69) is 15.0 Å². The average molecular weight is 199 g/mol. The number of carbonyl (C=O) groups excluding carboxylic acids is 1. The molecule has 5 nitrogen and oxygen atoms in total. The van der Waals surface area contributed by atoms with E-state index in [4.69, 9.17) is 5.73 Å². The Balaban J connectivity index is 2.25. The monoisotopic (exact) mass is 199 g/mol. The summed E-state index contributed by atoms with van der Waals surface area (Å²) in [5.41, 5.74) is 5.59. The van der Waals surface area contributed by atoms with Gasteiger partial charge in [-0.2, -0.15) is 0 Å². The SMILES string of the molecule is COC(=O)CN=C(N)NC1CCCC1. The van der Waals surface area contributed by atoms with Crippen molar-refractivity contribution in [1.82, 2.24) is 5.32 Å². The molecule has 0 saturated heterocycles. The third kappa shape index (κ3) is 3.64. The number of nitrogens with two attached hydrogens (primary N) is 1. The Hall–Kier alpha value is -1.26. The highest BCUT2D eigenvalue weighted by Gasteiger charge is 2.14. The van der Waals surface area contributed by atoms with Gasteiger partial charge in [0.25, 0.3) is 0 Å². The molecule has 1 aliphatic rings. The molecule has 0 aliphatic heterocycles. The van der Waals surface area contributed by atoms with Gasteiger partial charge >= 0.3 is 5.97 Å². The van der Waals surface area contributed by atoms with E-state index >= 15 is 0 Å². The van der Waals surface area contributed by atoms with Crippen LogP contribution in [-0.2, 0) is 9.53 Å². The summed E-state index contributed by atoms with van der Waals surface area (Å²) in [5.74, 6) is -0.0385. The van der Waals surface area contributed by atoms with Crippen LogP contribution in [0.3, 0.4) is 0 Å². The Morgan fingerprint density at radius 3 is 2.79 bits per heavy atom. The second-order valence-corrected chi connectivity index (χ2v) is 3.40. The van der Waals surface area contributed by atoms with Crippen molar-refractivity contribution in [3.63, 3.8) is 0 Å². The van der Waals surface area contributed by atoms with Crippen molar-refractivity contribution in [1.29, 1.82) is 0 Å². The minimum absolute atomic E-state index is 0.0119. The fourth-order valence-corrected chi connectivity index (χ4v) is 1.54. The fraction of sp³-hybridized carbons (Fsp3) is 0.778. The second kappa shape index (κ2) is 5.47. The minimum atomic E-state index is -0.374. The Morgan fingerprint density at radius 2 is 2.21 bits per heavy atom. The molecule has 0 spiro atoms. The maximum atomic E-state index is 10.7. The molecule has 0 heterocycles.